The van der Waals surface area contributed by atoms with Crippen molar-refractivity contribution in [3.63, 3.8) is 0 Å². The first-order chi connectivity index (χ1) is 14.0. The number of anilines is 1. The van der Waals surface area contributed by atoms with Gasteiger partial charge in [-0.25, -0.2) is 5.84 Å². The largest absolute Gasteiger partial charge is 0.491 e. The van der Waals surface area contributed by atoms with Gasteiger partial charge in [-0.05, 0) is 24.3 Å². The fraction of sp³-hybridized carbons (Fsp3) is 0.263. The number of carbonyl (C=O) groups is 2. The van der Waals surface area contributed by atoms with Gasteiger partial charge in [0.25, 0.3) is 5.91 Å². The number of benzene rings is 1. The molecule has 1 aromatic carbocycles. The lowest BCUT2D eigenvalue weighted by Gasteiger charge is -2.22. The second-order valence-corrected chi connectivity index (χ2v) is 6.15. The van der Waals surface area contributed by atoms with Crippen molar-refractivity contribution >= 4 is 17.9 Å². The van der Waals surface area contributed by atoms with Crippen LogP contribution >= 0.6 is 0 Å². The molecule has 0 saturated heterocycles. The Morgan fingerprint density at radius 1 is 1.23 bits per heavy atom. The zero-order chi connectivity index (χ0) is 22.9. The van der Waals surface area contributed by atoms with E-state index in [0.29, 0.717) is 19.1 Å². The summed E-state index contributed by atoms with van der Waals surface area (Å²) in [7, 11) is 3.92. The van der Waals surface area contributed by atoms with E-state index in [1.807, 2.05) is 43.3 Å². The molecule has 6 N–H and O–H groups in total. The normalized spacial score (nSPS) is 14.9. The quantitative estimate of drug-likeness (QED) is 0.272. The minimum Gasteiger partial charge on any atom is -0.491 e. The highest BCUT2D eigenvalue weighted by atomic mass is 19.4. The third-order valence-corrected chi connectivity index (χ3v) is 3.69. The van der Waals surface area contributed by atoms with Crippen molar-refractivity contribution in [3.05, 3.63) is 59.6 Å². The number of amides is 1. The Balaban J connectivity index is 0.000000303. The Bertz CT molecular complexity index is 848. The first-order valence-corrected chi connectivity index (χ1v) is 8.62. The summed E-state index contributed by atoms with van der Waals surface area (Å²) in [6.45, 7) is 0.439. The molecule has 1 amide bonds. The average molecular weight is 427 g/mol. The summed E-state index contributed by atoms with van der Waals surface area (Å²) in [4.78, 5) is 22.8. The number of aldehydes is 1. The number of primary amides is 1. The van der Waals surface area contributed by atoms with Gasteiger partial charge in [0, 0.05) is 26.7 Å². The van der Waals surface area contributed by atoms with E-state index in [2.05, 4.69) is 0 Å². The summed E-state index contributed by atoms with van der Waals surface area (Å²) < 4.78 is 42.5. The molecule has 0 aliphatic carbocycles. The van der Waals surface area contributed by atoms with E-state index in [-0.39, 0.29) is 5.70 Å². The first kappa shape index (κ1) is 24.6. The van der Waals surface area contributed by atoms with Gasteiger partial charge in [0.15, 0.2) is 0 Å². The number of halogens is 3. The molecule has 164 valence electrons. The molecule has 0 atom stereocenters. The summed E-state index contributed by atoms with van der Waals surface area (Å²) in [6, 6.07) is 7.77. The third kappa shape index (κ3) is 7.17. The number of hydrogen-bond donors (Lipinski definition) is 3. The number of hydrazine groups is 1. The van der Waals surface area contributed by atoms with E-state index in [1.165, 1.54) is 0 Å². The fourth-order valence-corrected chi connectivity index (χ4v) is 2.20. The number of carbonyl (C=O) groups excluding carboxylic acids is 2. The fourth-order valence-electron chi connectivity index (χ4n) is 2.20. The predicted octanol–water partition coefficient (Wildman–Crippen LogP) is 1.55. The van der Waals surface area contributed by atoms with E-state index in [0.717, 1.165) is 35.0 Å². The van der Waals surface area contributed by atoms with Crippen molar-refractivity contribution in [1.82, 2.24) is 5.01 Å². The second kappa shape index (κ2) is 10.9. The van der Waals surface area contributed by atoms with Gasteiger partial charge in [-0.1, -0.05) is 12.1 Å². The molecule has 1 aliphatic rings. The molecule has 1 aromatic rings. The van der Waals surface area contributed by atoms with Crippen LogP contribution in [0, 0.1) is 0 Å². The maximum absolute atomic E-state index is 12.3. The molecule has 0 aromatic heterocycles. The van der Waals surface area contributed by atoms with E-state index in [1.54, 1.807) is 0 Å². The molecule has 1 aliphatic heterocycles. The number of nitrogens with zero attached hydrogens (tertiary/aromatic N) is 2. The Morgan fingerprint density at radius 2 is 1.87 bits per heavy atom. The topological polar surface area (TPSA) is 128 Å². The third-order valence-electron chi connectivity index (χ3n) is 3.69. The minimum absolute atomic E-state index is 0.290. The lowest BCUT2D eigenvalue weighted by atomic mass is 10.1. The van der Waals surface area contributed by atoms with Crippen LogP contribution in [0.5, 0.6) is 5.75 Å². The number of nitrogens with two attached hydrogens (primary N) is 3. The van der Waals surface area contributed by atoms with Crippen LogP contribution in [0.4, 0.5) is 18.9 Å². The van der Waals surface area contributed by atoms with Gasteiger partial charge in [0.1, 0.15) is 17.7 Å². The number of ether oxygens (including phenoxy) is 1. The highest BCUT2D eigenvalue weighted by molar-refractivity contribution is 5.92. The van der Waals surface area contributed by atoms with Crippen LogP contribution in [0.15, 0.2) is 59.6 Å². The lowest BCUT2D eigenvalue weighted by molar-refractivity contribution is -0.114. The van der Waals surface area contributed by atoms with Gasteiger partial charge in [-0.15, -0.1) is 0 Å². The summed E-state index contributed by atoms with van der Waals surface area (Å²) in [5, 5.41) is 0.787. The molecule has 30 heavy (non-hydrogen) atoms. The van der Waals surface area contributed by atoms with E-state index in [9.17, 15) is 22.8 Å². The Hall–Kier alpha value is -3.47. The van der Waals surface area contributed by atoms with Gasteiger partial charge >= 0.3 is 6.18 Å². The summed E-state index contributed by atoms with van der Waals surface area (Å²) >= 11 is 0. The van der Waals surface area contributed by atoms with Gasteiger partial charge in [-0.2, -0.15) is 13.2 Å². The highest BCUT2D eigenvalue weighted by Gasteiger charge is 2.34. The second-order valence-electron chi connectivity index (χ2n) is 6.15. The zero-order valence-electron chi connectivity index (χ0n) is 16.5. The molecule has 2 rings (SSSR count). The van der Waals surface area contributed by atoms with Crippen LogP contribution in [0.25, 0.3) is 0 Å². The van der Waals surface area contributed by atoms with Gasteiger partial charge < -0.3 is 25.9 Å². The minimum atomic E-state index is -4.54. The van der Waals surface area contributed by atoms with Crippen molar-refractivity contribution in [2.45, 2.75) is 12.6 Å². The molecule has 8 nitrogen and oxygen atoms in total. The first-order valence-electron chi connectivity index (χ1n) is 8.62. The maximum Gasteiger partial charge on any atom is 0.416 e. The molecule has 0 fully saturated rings. The number of alkyl halides is 3. The van der Waals surface area contributed by atoms with Gasteiger partial charge in [0.2, 0.25) is 0 Å². The van der Waals surface area contributed by atoms with Crippen LogP contribution in [0.3, 0.4) is 0 Å². The van der Waals surface area contributed by atoms with Crippen LogP contribution in [-0.4, -0.2) is 44.1 Å². The van der Waals surface area contributed by atoms with Crippen molar-refractivity contribution in [2.75, 3.05) is 25.6 Å². The van der Waals surface area contributed by atoms with E-state index < -0.39 is 23.4 Å². The van der Waals surface area contributed by atoms with Crippen LogP contribution in [0.2, 0.25) is 0 Å². The lowest BCUT2D eigenvalue weighted by Crippen LogP contribution is -2.33. The van der Waals surface area contributed by atoms with Gasteiger partial charge in [0.05, 0.1) is 23.6 Å². The zero-order valence-corrected chi connectivity index (χ0v) is 16.5. The Morgan fingerprint density at radius 3 is 2.40 bits per heavy atom. The Kier molecular flexibility index (Phi) is 8.93. The molecule has 11 heteroatoms. The van der Waals surface area contributed by atoms with E-state index in [4.69, 9.17) is 22.0 Å². The molecule has 1 heterocycles. The number of hydrogen-bond acceptors (Lipinski definition) is 7. The molecule has 0 radical (unpaired) electrons. The summed E-state index contributed by atoms with van der Waals surface area (Å²) in [6.07, 6.45) is -0.896. The maximum atomic E-state index is 12.3. The van der Waals surface area contributed by atoms with Crippen LogP contribution < -0.4 is 26.9 Å². The van der Waals surface area contributed by atoms with E-state index >= 15 is 0 Å². The number of allylic oxidation sites excluding steroid dienone is 3. The van der Waals surface area contributed by atoms with Crippen LogP contribution in [0.1, 0.15) is 6.42 Å². The summed E-state index contributed by atoms with van der Waals surface area (Å²) in [5.74, 6) is 5.09. The van der Waals surface area contributed by atoms with Crippen molar-refractivity contribution in [2.24, 2.45) is 17.3 Å². The predicted molar refractivity (Wildman–Crippen MR) is 107 cm³/mol. The highest BCUT2D eigenvalue weighted by Crippen LogP contribution is 2.30. The monoisotopic (exact) mass is 427 g/mol. The smallest absolute Gasteiger partial charge is 0.416 e. The average Bonchev–Trinajstić information content (AvgIpc) is 2.68. The molecular weight excluding hydrogens is 403 g/mol. The number of para-hydroxylation sites is 2. The van der Waals surface area contributed by atoms with Gasteiger partial charge in [-0.3, -0.25) is 9.80 Å². The number of rotatable bonds is 6. The van der Waals surface area contributed by atoms with Crippen LogP contribution in [-0.2, 0) is 9.59 Å². The molecular formula is C19H24F3N5O3. The van der Waals surface area contributed by atoms with Crippen molar-refractivity contribution in [1.29, 1.82) is 0 Å². The SMILES string of the molecule is CN(C)c1ccccc1OCCC=O.NC(=O)/C(N)=C1\C=C(C(F)(F)F)C=CN1N. The molecule has 0 spiro atoms. The molecule has 0 bridgehead atoms. The summed E-state index contributed by atoms with van der Waals surface area (Å²) in [5.41, 5.74) is 9.31. The molecule has 0 unspecified atom stereocenters. The van der Waals surface area contributed by atoms with Crippen molar-refractivity contribution < 1.29 is 27.5 Å². The van der Waals surface area contributed by atoms with Crippen molar-refractivity contribution in [3.8, 4) is 5.75 Å². The molecule has 0 saturated carbocycles. The standard InChI is InChI=1S/C11H15NO2.C8H9F3N4O/c1-12(2)10-6-3-4-7-11(10)14-9-5-8-13;9-8(10,11)4-1-2-15(14)5(3-4)6(12)7(13)16/h3-4,6-8H,5,9H2,1-2H3;1-3H,12,14H2,(H2,13,16)/b;6-5-. The Labute approximate surface area is 172 Å².